The molecule has 15 heavy (non-hydrogen) atoms. The van der Waals surface area contributed by atoms with Crippen LogP contribution >= 0.6 is 0 Å². The lowest BCUT2D eigenvalue weighted by atomic mass is 10.2. The highest BCUT2D eigenvalue weighted by molar-refractivity contribution is 5.95. The Morgan fingerprint density at radius 2 is 2.20 bits per heavy atom. The standard InChI is InChI=1S/C12H13NO2/c1-2-8-12(14)9-15-11(13-12)10-6-4-3-5-7-10/h2-7,14H,1,8-9H2. The third-order valence-electron chi connectivity index (χ3n) is 2.24. The molecule has 3 heteroatoms. The molecule has 0 saturated carbocycles. The number of aliphatic imine (C=N–C) groups is 1. The van der Waals surface area contributed by atoms with Crippen molar-refractivity contribution in [3.05, 3.63) is 48.6 Å². The molecule has 1 aliphatic heterocycles. The highest BCUT2D eigenvalue weighted by Gasteiger charge is 2.33. The third kappa shape index (κ3) is 2.07. The first-order valence-corrected chi connectivity index (χ1v) is 4.85. The summed E-state index contributed by atoms with van der Waals surface area (Å²) in [6.45, 7) is 3.78. The van der Waals surface area contributed by atoms with Gasteiger partial charge in [-0.15, -0.1) is 6.58 Å². The number of ether oxygens (including phenoxy) is 1. The van der Waals surface area contributed by atoms with Crippen molar-refractivity contribution in [2.24, 2.45) is 4.99 Å². The van der Waals surface area contributed by atoms with Crippen LogP contribution in [0.1, 0.15) is 12.0 Å². The van der Waals surface area contributed by atoms with Gasteiger partial charge in [0, 0.05) is 12.0 Å². The Morgan fingerprint density at radius 1 is 1.47 bits per heavy atom. The van der Waals surface area contributed by atoms with Crippen LogP contribution in [0.2, 0.25) is 0 Å². The Labute approximate surface area is 88.7 Å². The molecule has 0 amide bonds. The minimum absolute atomic E-state index is 0.198. The van der Waals surface area contributed by atoms with Crippen molar-refractivity contribution in [3.63, 3.8) is 0 Å². The van der Waals surface area contributed by atoms with E-state index < -0.39 is 5.72 Å². The van der Waals surface area contributed by atoms with Gasteiger partial charge < -0.3 is 9.84 Å². The van der Waals surface area contributed by atoms with Gasteiger partial charge in [-0.1, -0.05) is 24.3 Å². The Bertz CT molecular complexity index is 386. The first-order valence-electron chi connectivity index (χ1n) is 4.85. The summed E-state index contributed by atoms with van der Waals surface area (Å²) in [4.78, 5) is 4.16. The summed E-state index contributed by atoms with van der Waals surface area (Å²) in [6, 6.07) is 9.55. The van der Waals surface area contributed by atoms with Gasteiger partial charge in [-0.2, -0.15) is 0 Å². The predicted molar refractivity (Wildman–Crippen MR) is 58.7 cm³/mol. The van der Waals surface area contributed by atoms with Crippen molar-refractivity contribution in [1.82, 2.24) is 0 Å². The van der Waals surface area contributed by atoms with Crippen molar-refractivity contribution in [2.75, 3.05) is 6.61 Å². The van der Waals surface area contributed by atoms with Crippen LogP contribution < -0.4 is 0 Å². The summed E-state index contributed by atoms with van der Waals surface area (Å²) < 4.78 is 5.36. The molecule has 0 radical (unpaired) electrons. The second-order valence-corrected chi connectivity index (χ2v) is 3.55. The Balaban J connectivity index is 2.23. The van der Waals surface area contributed by atoms with E-state index >= 15 is 0 Å². The van der Waals surface area contributed by atoms with Gasteiger partial charge in [0.05, 0.1) is 0 Å². The summed E-state index contributed by atoms with van der Waals surface area (Å²) in [7, 11) is 0. The van der Waals surface area contributed by atoms with E-state index in [1.165, 1.54) is 0 Å². The van der Waals surface area contributed by atoms with Crippen LogP contribution in [0.5, 0.6) is 0 Å². The number of nitrogens with zero attached hydrogens (tertiary/aromatic N) is 1. The zero-order chi connectivity index (χ0) is 10.7. The second kappa shape index (κ2) is 3.87. The van der Waals surface area contributed by atoms with Crippen LogP contribution in [0.4, 0.5) is 0 Å². The molecule has 1 unspecified atom stereocenters. The fraction of sp³-hybridized carbons (Fsp3) is 0.250. The SMILES string of the molecule is C=CCC1(O)COC(c2ccccc2)=N1. The lowest BCUT2D eigenvalue weighted by molar-refractivity contribution is 0.0261. The van der Waals surface area contributed by atoms with Gasteiger partial charge in [0.1, 0.15) is 6.61 Å². The van der Waals surface area contributed by atoms with Crippen LogP contribution in [0.3, 0.4) is 0 Å². The molecule has 1 aliphatic rings. The molecular formula is C12H13NO2. The van der Waals surface area contributed by atoms with Gasteiger partial charge in [-0.25, -0.2) is 4.99 Å². The smallest absolute Gasteiger partial charge is 0.219 e. The monoisotopic (exact) mass is 203 g/mol. The normalized spacial score (nSPS) is 24.5. The molecule has 1 atom stereocenters. The molecule has 78 valence electrons. The van der Waals surface area contributed by atoms with Crippen LogP contribution in [0.25, 0.3) is 0 Å². The number of hydrogen-bond donors (Lipinski definition) is 1. The van der Waals surface area contributed by atoms with Crippen LogP contribution in [0, 0.1) is 0 Å². The number of rotatable bonds is 3. The van der Waals surface area contributed by atoms with E-state index in [2.05, 4.69) is 11.6 Å². The minimum atomic E-state index is -1.13. The zero-order valence-electron chi connectivity index (χ0n) is 8.39. The van der Waals surface area contributed by atoms with Gasteiger partial charge in [-0.05, 0) is 12.1 Å². The molecule has 0 saturated heterocycles. The lowest BCUT2D eigenvalue weighted by Gasteiger charge is -2.12. The van der Waals surface area contributed by atoms with Crippen LogP contribution in [-0.2, 0) is 4.74 Å². The largest absolute Gasteiger partial charge is 0.472 e. The fourth-order valence-electron chi connectivity index (χ4n) is 1.50. The average Bonchev–Trinajstić information content (AvgIpc) is 2.63. The van der Waals surface area contributed by atoms with E-state index in [1.54, 1.807) is 6.08 Å². The Hall–Kier alpha value is -1.61. The molecule has 1 aromatic rings. The maximum absolute atomic E-state index is 9.94. The molecule has 1 heterocycles. The zero-order valence-corrected chi connectivity index (χ0v) is 8.39. The van der Waals surface area contributed by atoms with Gasteiger partial charge in [0.25, 0.3) is 0 Å². The van der Waals surface area contributed by atoms with E-state index in [-0.39, 0.29) is 6.61 Å². The minimum Gasteiger partial charge on any atom is -0.472 e. The predicted octanol–water partition coefficient (Wildman–Crippen LogP) is 1.73. The molecule has 2 rings (SSSR count). The van der Waals surface area contributed by atoms with E-state index in [9.17, 15) is 5.11 Å². The summed E-state index contributed by atoms with van der Waals surface area (Å²) in [5.41, 5.74) is -0.245. The van der Waals surface area contributed by atoms with Gasteiger partial charge in [0.2, 0.25) is 5.90 Å². The van der Waals surface area contributed by atoms with Gasteiger partial charge in [0.15, 0.2) is 5.72 Å². The lowest BCUT2D eigenvalue weighted by Crippen LogP contribution is -2.26. The average molecular weight is 203 g/mol. The van der Waals surface area contributed by atoms with Crippen molar-refractivity contribution in [2.45, 2.75) is 12.1 Å². The molecule has 3 nitrogen and oxygen atoms in total. The van der Waals surface area contributed by atoms with Crippen LogP contribution in [-0.4, -0.2) is 23.3 Å². The maximum Gasteiger partial charge on any atom is 0.219 e. The molecular weight excluding hydrogens is 190 g/mol. The van der Waals surface area contributed by atoms with E-state index in [0.717, 1.165) is 5.56 Å². The fourth-order valence-corrected chi connectivity index (χ4v) is 1.50. The maximum atomic E-state index is 9.94. The van der Waals surface area contributed by atoms with Crippen molar-refractivity contribution >= 4 is 5.90 Å². The summed E-state index contributed by atoms with van der Waals surface area (Å²) in [5.74, 6) is 0.500. The highest BCUT2D eigenvalue weighted by Crippen LogP contribution is 2.22. The third-order valence-corrected chi connectivity index (χ3v) is 2.24. The molecule has 1 aromatic carbocycles. The topological polar surface area (TPSA) is 41.8 Å². The molecule has 0 aliphatic carbocycles. The van der Waals surface area contributed by atoms with E-state index in [1.807, 2.05) is 30.3 Å². The number of hydrogen-bond acceptors (Lipinski definition) is 3. The van der Waals surface area contributed by atoms with Crippen molar-refractivity contribution in [1.29, 1.82) is 0 Å². The molecule has 0 fully saturated rings. The highest BCUT2D eigenvalue weighted by atomic mass is 16.5. The molecule has 0 aromatic heterocycles. The quantitative estimate of drug-likeness (QED) is 0.760. The summed E-state index contributed by atoms with van der Waals surface area (Å²) in [6.07, 6.45) is 2.05. The van der Waals surface area contributed by atoms with Crippen molar-refractivity contribution < 1.29 is 9.84 Å². The van der Waals surface area contributed by atoms with E-state index in [0.29, 0.717) is 12.3 Å². The molecule has 1 N–H and O–H groups in total. The summed E-state index contributed by atoms with van der Waals surface area (Å²) >= 11 is 0. The Morgan fingerprint density at radius 3 is 2.87 bits per heavy atom. The molecule has 0 spiro atoms. The number of aliphatic hydroxyl groups is 1. The Kier molecular flexibility index (Phi) is 2.56. The van der Waals surface area contributed by atoms with Crippen LogP contribution in [0.15, 0.2) is 48.0 Å². The first-order chi connectivity index (χ1) is 7.23. The molecule has 0 bridgehead atoms. The number of benzene rings is 1. The van der Waals surface area contributed by atoms with Gasteiger partial charge >= 0.3 is 0 Å². The summed E-state index contributed by atoms with van der Waals surface area (Å²) in [5, 5.41) is 9.94. The first kappa shape index (κ1) is 9.93. The van der Waals surface area contributed by atoms with Gasteiger partial charge in [-0.3, -0.25) is 0 Å². The second-order valence-electron chi connectivity index (χ2n) is 3.55. The van der Waals surface area contributed by atoms with Crippen molar-refractivity contribution in [3.8, 4) is 0 Å². The van der Waals surface area contributed by atoms with E-state index in [4.69, 9.17) is 4.74 Å².